The smallest absolute Gasteiger partial charge is 0.127 e. The Morgan fingerprint density at radius 2 is 1.86 bits per heavy atom. The predicted octanol–water partition coefficient (Wildman–Crippen LogP) is 5.67. The third-order valence-corrected chi connectivity index (χ3v) is 6.29. The Morgan fingerprint density at radius 3 is 2.38 bits per heavy atom. The average molecular weight is 325 g/mol. The second kappa shape index (κ2) is 4.63. The zero-order valence-electron chi connectivity index (χ0n) is 13.2. The Kier molecular flexibility index (Phi) is 3.35. The molecule has 1 saturated carbocycles. The number of para-hydroxylation sites is 1. The van der Waals surface area contributed by atoms with Gasteiger partial charge in [-0.1, -0.05) is 45.4 Å². The lowest BCUT2D eigenvalue weighted by Gasteiger charge is -2.12. The van der Waals surface area contributed by atoms with Gasteiger partial charge in [-0.25, -0.2) is 4.98 Å². The number of hydrogen-bond acceptors (Lipinski definition) is 1. The topological polar surface area (TPSA) is 17.8 Å². The summed E-state index contributed by atoms with van der Waals surface area (Å²) in [5.41, 5.74) is 2.61. The zero-order valence-corrected chi connectivity index (χ0v) is 14.8. The summed E-state index contributed by atoms with van der Waals surface area (Å²) in [4.78, 5) is 4.70. The van der Waals surface area contributed by atoms with Gasteiger partial charge in [0, 0.05) is 6.54 Å². The minimum absolute atomic E-state index is 0.126. The minimum atomic E-state index is -0.126. The highest BCUT2D eigenvalue weighted by Crippen LogP contribution is 2.69. The van der Waals surface area contributed by atoms with Gasteiger partial charge in [0.05, 0.1) is 21.4 Å². The zero-order chi connectivity index (χ0) is 15.6. The molecule has 2 aromatic rings. The normalized spacial score (nSPS) is 21.7. The van der Waals surface area contributed by atoms with Gasteiger partial charge < -0.3 is 4.57 Å². The summed E-state index contributed by atoms with van der Waals surface area (Å²) in [6.07, 6.45) is 0. The van der Waals surface area contributed by atoms with Crippen LogP contribution >= 0.6 is 23.2 Å². The number of aromatic nitrogens is 2. The number of alkyl halides is 1. The molecular weight excluding hydrogens is 303 g/mol. The van der Waals surface area contributed by atoms with Crippen molar-refractivity contribution in [2.75, 3.05) is 0 Å². The van der Waals surface area contributed by atoms with E-state index in [1.807, 2.05) is 25.1 Å². The first-order chi connectivity index (χ1) is 9.68. The van der Waals surface area contributed by atoms with Gasteiger partial charge >= 0.3 is 0 Å². The number of nitrogens with zero attached hydrogens (tertiary/aromatic N) is 2. The van der Waals surface area contributed by atoms with Gasteiger partial charge in [-0.3, -0.25) is 0 Å². The van der Waals surface area contributed by atoms with Gasteiger partial charge in [0.25, 0.3) is 0 Å². The molecule has 0 spiro atoms. The Labute approximate surface area is 136 Å². The molecule has 1 aliphatic carbocycles. The molecule has 1 unspecified atom stereocenters. The average Bonchev–Trinajstić information content (AvgIpc) is 2.72. The van der Waals surface area contributed by atoms with Gasteiger partial charge in [-0.2, -0.15) is 0 Å². The van der Waals surface area contributed by atoms with Gasteiger partial charge in [0.15, 0.2) is 0 Å². The highest BCUT2D eigenvalue weighted by Gasteiger charge is 2.64. The van der Waals surface area contributed by atoms with Crippen molar-refractivity contribution < 1.29 is 0 Å². The monoisotopic (exact) mass is 324 g/mol. The lowest BCUT2D eigenvalue weighted by molar-refractivity contribution is 0.457. The van der Waals surface area contributed by atoms with Crippen LogP contribution in [0.4, 0.5) is 0 Å². The van der Waals surface area contributed by atoms with E-state index in [9.17, 15) is 0 Å². The first-order valence-electron chi connectivity index (χ1n) is 7.46. The molecule has 0 radical (unpaired) electrons. The predicted molar refractivity (Wildman–Crippen MR) is 90.1 cm³/mol. The van der Waals surface area contributed by atoms with Gasteiger partial charge in [0.2, 0.25) is 0 Å². The van der Waals surface area contributed by atoms with Crippen LogP contribution in [-0.2, 0) is 6.54 Å². The van der Waals surface area contributed by atoms with Crippen LogP contribution < -0.4 is 0 Å². The molecule has 1 heterocycles. The molecule has 1 aromatic heterocycles. The van der Waals surface area contributed by atoms with Crippen LogP contribution in [0.25, 0.3) is 11.0 Å². The molecule has 0 amide bonds. The molecule has 1 aliphatic rings. The van der Waals surface area contributed by atoms with E-state index in [1.165, 1.54) is 0 Å². The number of benzene rings is 1. The summed E-state index contributed by atoms with van der Waals surface area (Å²) in [6.45, 7) is 12.2. The highest BCUT2D eigenvalue weighted by molar-refractivity contribution is 6.35. The molecule has 0 saturated heterocycles. The second-order valence-corrected chi connectivity index (χ2v) is 8.36. The van der Waals surface area contributed by atoms with Crippen LogP contribution in [0.5, 0.6) is 0 Å². The molecule has 0 N–H and O–H groups in total. The summed E-state index contributed by atoms with van der Waals surface area (Å²) in [7, 11) is 0. The van der Waals surface area contributed by atoms with Crippen molar-refractivity contribution in [1.29, 1.82) is 0 Å². The number of halogens is 2. The van der Waals surface area contributed by atoms with Crippen LogP contribution in [0, 0.1) is 16.7 Å². The van der Waals surface area contributed by atoms with Gasteiger partial charge in [-0.15, -0.1) is 11.6 Å². The summed E-state index contributed by atoms with van der Waals surface area (Å²) >= 11 is 12.8. The van der Waals surface area contributed by atoms with Crippen molar-refractivity contribution in [3.05, 3.63) is 29.0 Å². The van der Waals surface area contributed by atoms with E-state index >= 15 is 0 Å². The van der Waals surface area contributed by atoms with Crippen LogP contribution in [0.2, 0.25) is 5.02 Å². The Hall–Kier alpha value is -0.730. The maximum atomic E-state index is 6.42. The molecule has 1 fully saturated rings. The fourth-order valence-corrected chi connectivity index (χ4v) is 4.06. The van der Waals surface area contributed by atoms with Crippen molar-refractivity contribution in [1.82, 2.24) is 9.55 Å². The van der Waals surface area contributed by atoms with E-state index < -0.39 is 0 Å². The largest absolute Gasteiger partial charge is 0.325 e. The SMILES string of the molecule is CC(Cl)c1nc2cccc(Cl)c2n1CC1C(C)(C)C1(C)C. The Morgan fingerprint density at radius 1 is 1.24 bits per heavy atom. The summed E-state index contributed by atoms with van der Waals surface area (Å²) < 4.78 is 2.23. The quantitative estimate of drug-likeness (QED) is 0.665. The molecule has 3 rings (SSSR count). The molecule has 4 heteroatoms. The molecule has 0 bridgehead atoms. The van der Waals surface area contributed by atoms with Crippen LogP contribution in [0.3, 0.4) is 0 Å². The summed E-state index contributed by atoms with van der Waals surface area (Å²) in [6, 6.07) is 5.87. The minimum Gasteiger partial charge on any atom is -0.325 e. The van der Waals surface area contributed by atoms with Crippen LogP contribution in [-0.4, -0.2) is 9.55 Å². The molecule has 2 nitrogen and oxygen atoms in total. The maximum Gasteiger partial charge on any atom is 0.127 e. The molecular formula is C17H22Cl2N2. The summed E-state index contributed by atoms with van der Waals surface area (Å²) in [5.74, 6) is 1.52. The fourth-order valence-electron chi connectivity index (χ4n) is 3.62. The van der Waals surface area contributed by atoms with E-state index in [4.69, 9.17) is 28.2 Å². The van der Waals surface area contributed by atoms with E-state index in [0.717, 1.165) is 28.4 Å². The number of fused-ring (bicyclic) bond motifs is 1. The maximum absolute atomic E-state index is 6.42. The first-order valence-corrected chi connectivity index (χ1v) is 8.28. The standard InChI is InChI=1S/C17H22Cl2N2/c1-10(18)15-20-12-8-6-7-11(19)14(12)21(15)9-13-16(2,3)17(13,4)5/h6-8,10,13H,9H2,1-5H3. The van der Waals surface area contributed by atoms with Gasteiger partial charge in [-0.05, 0) is 35.8 Å². The lowest BCUT2D eigenvalue weighted by Crippen LogP contribution is -2.09. The van der Waals surface area contributed by atoms with Crippen molar-refractivity contribution in [2.45, 2.75) is 46.5 Å². The van der Waals surface area contributed by atoms with E-state index in [2.05, 4.69) is 32.3 Å². The van der Waals surface area contributed by atoms with Crippen LogP contribution in [0.1, 0.15) is 45.8 Å². The molecule has 114 valence electrons. The Bertz CT molecular complexity index is 684. The molecule has 0 aliphatic heterocycles. The van der Waals surface area contributed by atoms with Crippen LogP contribution in [0.15, 0.2) is 18.2 Å². The number of rotatable bonds is 3. The van der Waals surface area contributed by atoms with E-state index in [-0.39, 0.29) is 5.38 Å². The van der Waals surface area contributed by atoms with Crippen molar-refractivity contribution in [2.24, 2.45) is 16.7 Å². The molecule has 1 aromatic carbocycles. The fraction of sp³-hybridized carbons (Fsp3) is 0.588. The summed E-state index contributed by atoms with van der Waals surface area (Å²) in [5, 5.41) is 0.623. The van der Waals surface area contributed by atoms with E-state index in [1.54, 1.807) is 0 Å². The first kappa shape index (κ1) is 15.2. The lowest BCUT2D eigenvalue weighted by atomic mass is 10.0. The number of imidazole rings is 1. The second-order valence-electron chi connectivity index (χ2n) is 7.30. The highest BCUT2D eigenvalue weighted by atomic mass is 35.5. The Balaban J connectivity index is 2.11. The molecule has 1 atom stereocenters. The molecule has 21 heavy (non-hydrogen) atoms. The van der Waals surface area contributed by atoms with E-state index in [0.29, 0.717) is 16.7 Å². The van der Waals surface area contributed by atoms with Gasteiger partial charge in [0.1, 0.15) is 5.82 Å². The number of hydrogen-bond donors (Lipinski definition) is 0. The van der Waals surface area contributed by atoms with Crippen molar-refractivity contribution >= 4 is 34.2 Å². The van der Waals surface area contributed by atoms with Crippen molar-refractivity contribution in [3.8, 4) is 0 Å². The third kappa shape index (κ3) is 2.10. The van der Waals surface area contributed by atoms with Crippen molar-refractivity contribution in [3.63, 3.8) is 0 Å². The third-order valence-electron chi connectivity index (χ3n) is 5.79.